The Labute approximate surface area is 204 Å². The van der Waals surface area contributed by atoms with Crippen molar-refractivity contribution < 1.29 is 23.9 Å². The molecule has 1 N–H and O–H groups in total. The van der Waals surface area contributed by atoms with Gasteiger partial charge in [0.1, 0.15) is 27.1 Å². The number of fused-ring (bicyclic) bond motifs is 1. The number of thiophene rings is 2. The molecule has 0 fully saturated rings. The lowest BCUT2D eigenvalue weighted by molar-refractivity contribution is -0.116. The maximum absolute atomic E-state index is 13.4. The summed E-state index contributed by atoms with van der Waals surface area (Å²) in [5.74, 6) is -1.42. The highest BCUT2D eigenvalue weighted by atomic mass is 32.1. The Kier molecular flexibility index (Phi) is 7.54. The molecule has 0 aliphatic carbocycles. The third kappa shape index (κ3) is 4.74. The SMILES string of the molecule is COC(=O)c1sc(NC(=O)Cn2c(CN(C)C)nc3sc(C)c(C)c3c2=O)c(C(=O)OC)c1C. The first-order valence-electron chi connectivity index (χ1n) is 10.2. The van der Waals surface area contributed by atoms with Gasteiger partial charge in [-0.15, -0.1) is 22.7 Å². The van der Waals surface area contributed by atoms with Crippen LogP contribution in [0.25, 0.3) is 10.2 Å². The minimum Gasteiger partial charge on any atom is -0.465 e. The number of aryl methyl sites for hydroxylation is 2. The molecule has 3 rings (SSSR count). The van der Waals surface area contributed by atoms with E-state index < -0.39 is 17.8 Å². The molecule has 0 bridgehead atoms. The Bertz CT molecular complexity index is 1350. The molecule has 3 aromatic rings. The predicted octanol–water partition coefficient (Wildman–Crippen LogP) is 2.72. The predicted molar refractivity (Wildman–Crippen MR) is 131 cm³/mol. The standard InChI is InChI=1S/C22H26N4O6S2/c1-10-12(3)33-18-15(10)20(28)26(13(23-18)8-25(4)5)9-14(27)24-19-16(21(29)31-6)11(2)17(34-19)22(30)32-7/h8-9H2,1-7H3,(H,24,27). The van der Waals surface area contributed by atoms with Gasteiger partial charge in [-0.05, 0) is 46.0 Å². The zero-order valence-electron chi connectivity index (χ0n) is 20.0. The van der Waals surface area contributed by atoms with Gasteiger partial charge in [-0.3, -0.25) is 14.2 Å². The van der Waals surface area contributed by atoms with Crippen LogP contribution in [0.4, 0.5) is 5.00 Å². The lowest BCUT2D eigenvalue weighted by Gasteiger charge is -2.16. The lowest BCUT2D eigenvalue weighted by atomic mass is 10.1. The number of nitrogens with one attached hydrogen (secondary N) is 1. The topological polar surface area (TPSA) is 120 Å². The lowest BCUT2D eigenvalue weighted by Crippen LogP contribution is -2.33. The molecule has 3 aromatic heterocycles. The molecule has 0 spiro atoms. The third-order valence-electron chi connectivity index (χ3n) is 5.29. The molecule has 0 saturated carbocycles. The van der Waals surface area contributed by atoms with E-state index in [1.807, 2.05) is 32.8 Å². The number of methoxy groups -OCH3 is 2. The molecule has 0 aromatic carbocycles. The molecular formula is C22H26N4O6S2. The Hall–Kier alpha value is -3.09. The van der Waals surface area contributed by atoms with E-state index in [2.05, 4.69) is 10.3 Å². The summed E-state index contributed by atoms with van der Waals surface area (Å²) in [5, 5.41) is 3.30. The number of carbonyl (C=O) groups is 3. The second-order valence-corrected chi connectivity index (χ2v) is 10.1. The van der Waals surface area contributed by atoms with Gasteiger partial charge >= 0.3 is 11.9 Å². The number of amides is 1. The van der Waals surface area contributed by atoms with Gasteiger partial charge in [-0.2, -0.15) is 0 Å². The van der Waals surface area contributed by atoms with Crippen LogP contribution < -0.4 is 10.9 Å². The van der Waals surface area contributed by atoms with Crippen molar-refractivity contribution in [3.05, 3.63) is 42.6 Å². The molecule has 12 heteroatoms. The van der Waals surface area contributed by atoms with Crippen molar-refractivity contribution in [3.8, 4) is 0 Å². The Balaban J connectivity index is 2.04. The van der Waals surface area contributed by atoms with Gasteiger partial charge in [-0.25, -0.2) is 14.6 Å². The van der Waals surface area contributed by atoms with E-state index in [1.54, 1.807) is 6.92 Å². The maximum atomic E-state index is 13.4. The molecule has 10 nitrogen and oxygen atoms in total. The van der Waals surface area contributed by atoms with Crippen LogP contribution in [-0.4, -0.2) is 60.6 Å². The fraction of sp³-hybridized carbons (Fsp3) is 0.409. The summed E-state index contributed by atoms with van der Waals surface area (Å²) in [6.07, 6.45) is 0. The number of ether oxygens (including phenoxy) is 2. The minimum atomic E-state index is -0.697. The van der Waals surface area contributed by atoms with Crippen molar-refractivity contribution >= 4 is 55.7 Å². The largest absolute Gasteiger partial charge is 0.465 e. The summed E-state index contributed by atoms with van der Waals surface area (Å²) in [7, 11) is 6.13. The van der Waals surface area contributed by atoms with Gasteiger partial charge < -0.3 is 19.7 Å². The van der Waals surface area contributed by atoms with Crippen LogP contribution in [0.5, 0.6) is 0 Å². The summed E-state index contributed by atoms with van der Waals surface area (Å²) in [6.45, 7) is 5.40. The molecule has 0 atom stereocenters. The van der Waals surface area contributed by atoms with Gasteiger partial charge in [0.25, 0.3) is 5.56 Å². The van der Waals surface area contributed by atoms with E-state index in [0.717, 1.165) is 21.8 Å². The van der Waals surface area contributed by atoms with Crippen molar-refractivity contribution in [3.63, 3.8) is 0 Å². The Morgan fingerprint density at radius 3 is 2.26 bits per heavy atom. The van der Waals surface area contributed by atoms with Crippen molar-refractivity contribution in [1.82, 2.24) is 14.5 Å². The molecule has 0 aliphatic heterocycles. The molecule has 34 heavy (non-hydrogen) atoms. The van der Waals surface area contributed by atoms with Crippen LogP contribution in [0.1, 0.15) is 41.9 Å². The molecular weight excluding hydrogens is 480 g/mol. The van der Waals surface area contributed by atoms with Gasteiger partial charge in [0, 0.05) is 4.88 Å². The second kappa shape index (κ2) is 10.0. The Morgan fingerprint density at radius 1 is 1.03 bits per heavy atom. The first-order chi connectivity index (χ1) is 16.0. The van der Waals surface area contributed by atoms with Crippen molar-refractivity contribution in [2.24, 2.45) is 0 Å². The number of rotatable bonds is 7. The average molecular weight is 507 g/mol. The Morgan fingerprint density at radius 2 is 1.68 bits per heavy atom. The van der Waals surface area contributed by atoms with Crippen molar-refractivity contribution in [1.29, 1.82) is 0 Å². The molecule has 0 aliphatic rings. The summed E-state index contributed by atoms with van der Waals surface area (Å²) >= 11 is 2.36. The summed E-state index contributed by atoms with van der Waals surface area (Å²) in [4.78, 5) is 59.2. The first kappa shape index (κ1) is 25.5. The highest BCUT2D eigenvalue weighted by Crippen LogP contribution is 2.34. The van der Waals surface area contributed by atoms with Crippen molar-refractivity contribution in [2.75, 3.05) is 33.6 Å². The second-order valence-electron chi connectivity index (χ2n) is 7.91. The summed E-state index contributed by atoms with van der Waals surface area (Å²) < 4.78 is 10.9. The maximum Gasteiger partial charge on any atom is 0.348 e. The molecule has 0 radical (unpaired) electrons. The molecule has 182 valence electrons. The van der Waals surface area contributed by atoms with Crippen LogP contribution in [0.15, 0.2) is 4.79 Å². The third-order valence-corrected chi connectivity index (χ3v) is 7.58. The fourth-order valence-electron chi connectivity index (χ4n) is 3.48. The highest BCUT2D eigenvalue weighted by molar-refractivity contribution is 7.19. The smallest absolute Gasteiger partial charge is 0.348 e. The zero-order chi connectivity index (χ0) is 25.3. The number of aromatic nitrogens is 2. The number of nitrogens with zero attached hydrogens (tertiary/aromatic N) is 3. The van der Waals surface area contributed by atoms with Crippen LogP contribution in [0, 0.1) is 20.8 Å². The van der Waals surface area contributed by atoms with Crippen LogP contribution >= 0.6 is 22.7 Å². The zero-order valence-corrected chi connectivity index (χ0v) is 21.7. The van der Waals surface area contributed by atoms with E-state index >= 15 is 0 Å². The van der Waals surface area contributed by atoms with E-state index in [-0.39, 0.29) is 27.5 Å². The molecule has 0 saturated heterocycles. The summed E-state index contributed by atoms with van der Waals surface area (Å²) in [5.41, 5.74) is 0.953. The van der Waals surface area contributed by atoms with Gasteiger partial charge in [-0.1, -0.05) is 0 Å². The van der Waals surface area contributed by atoms with Gasteiger partial charge in [0.2, 0.25) is 5.91 Å². The monoisotopic (exact) mass is 506 g/mol. The van der Waals surface area contributed by atoms with Crippen LogP contribution in [0.2, 0.25) is 0 Å². The van der Waals surface area contributed by atoms with Crippen LogP contribution in [-0.2, 0) is 27.4 Å². The van der Waals surface area contributed by atoms with E-state index in [0.29, 0.717) is 28.1 Å². The highest BCUT2D eigenvalue weighted by Gasteiger charge is 2.27. The van der Waals surface area contributed by atoms with Crippen molar-refractivity contribution in [2.45, 2.75) is 33.9 Å². The van der Waals surface area contributed by atoms with Gasteiger partial charge in [0.05, 0.1) is 31.7 Å². The average Bonchev–Trinajstić information content (AvgIpc) is 3.24. The fourth-order valence-corrected chi connectivity index (χ4v) is 5.65. The first-order valence-corrected chi connectivity index (χ1v) is 11.9. The molecule has 3 heterocycles. The quantitative estimate of drug-likeness (QED) is 0.486. The van der Waals surface area contributed by atoms with E-state index in [9.17, 15) is 19.2 Å². The number of esters is 2. The van der Waals surface area contributed by atoms with E-state index in [4.69, 9.17) is 9.47 Å². The van der Waals surface area contributed by atoms with E-state index in [1.165, 1.54) is 30.1 Å². The molecule has 0 unspecified atom stereocenters. The minimum absolute atomic E-state index is 0.0694. The normalized spacial score (nSPS) is 11.2. The van der Waals surface area contributed by atoms with Crippen LogP contribution in [0.3, 0.4) is 0 Å². The van der Waals surface area contributed by atoms with Gasteiger partial charge in [0.15, 0.2) is 0 Å². The summed E-state index contributed by atoms with van der Waals surface area (Å²) in [6, 6.07) is 0. The molecule has 1 amide bonds. The number of anilines is 1. The number of hydrogen-bond donors (Lipinski definition) is 1. The number of hydrogen-bond acceptors (Lipinski definition) is 10. The number of carbonyl (C=O) groups excluding carboxylic acids is 3.